The van der Waals surface area contributed by atoms with E-state index in [1.54, 1.807) is 66.1 Å². The van der Waals surface area contributed by atoms with Gasteiger partial charge in [0, 0.05) is 72.8 Å². The fourth-order valence-electron chi connectivity index (χ4n) is 5.37. The zero-order valence-electron chi connectivity index (χ0n) is 25.8. The number of nitrogens with zero attached hydrogens (tertiary/aromatic N) is 5. The van der Waals surface area contributed by atoms with Crippen LogP contribution < -0.4 is 15.4 Å². The van der Waals surface area contributed by atoms with E-state index in [4.69, 9.17) is 4.74 Å². The molecule has 3 atom stereocenters. The Morgan fingerprint density at radius 1 is 1.04 bits per heavy atom. The van der Waals surface area contributed by atoms with Crippen molar-refractivity contribution in [3.05, 3.63) is 96.6 Å². The molecule has 3 N–H and O–H groups in total. The topological polar surface area (TPSA) is 133 Å². The summed E-state index contributed by atoms with van der Waals surface area (Å²) in [5, 5.41) is 15.7. The molecule has 4 aromatic rings. The summed E-state index contributed by atoms with van der Waals surface area (Å²) in [6.07, 6.45) is 6.72. The second-order valence-electron chi connectivity index (χ2n) is 11.5. The second-order valence-corrected chi connectivity index (χ2v) is 11.5. The van der Waals surface area contributed by atoms with E-state index in [1.165, 1.54) is 0 Å². The number of ether oxygens (including phenoxy) is 1. The molecule has 2 aromatic heterocycles. The van der Waals surface area contributed by atoms with Crippen LogP contribution in [0.25, 0.3) is 11.4 Å². The van der Waals surface area contributed by atoms with Gasteiger partial charge in [-0.25, -0.2) is 14.8 Å². The zero-order valence-corrected chi connectivity index (χ0v) is 25.8. The number of aliphatic hydroxyl groups is 1. The molecule has 3 amide bonds. The number of benzene rings is 2. The standard InChI is InChI=1S/C34H39N7O4/c1-23-19-41(24(2)22-42)32(43)18-27-17-29(8-9-30(27)45-31(23)21-40(3)20-25-10-14-35-15-11-25)39-34(44)38-28-7-4-6-26(16-28)33-36-12-5-13-37-33/h4-17,23-24,31,42H,18-22H2,1-3H3,(H2,38,39,44)/t23-,24?,31+/m1/s1. The summed E-state index contributed by atoms with van der Waals surface area (Å²) in [5.74, 6) is 1.03. The van der Waals surface area contributed by atoms with Gasteiger partial charge in [0.25, 0.3) is 0 Å². The molecule has 45 heavy (non-hydrogen) atoms. The molecule has 1 unspecified atom stereocenters. The van der Waals surface area contributed by atoms with Crippen molar-refractivity contribution in [2.45, 2.75) is 39.0 Å². The lowest BCUT2D eigenvalue weighted by Crippen LogP contribution is -2.47. The van der Waals surface area contributed by atoms with Gasteiger partial charge in [0.1, 0.15) is 11.9 Å². The first kappa shape index (κ1) is 31.6. The number of likely N-dealkylation sites (N-methyl/N-ethyl adjacent to an activating group) is 1. The van der Waals surface area contributed by atoms with E-state index in [2.05, 4.69) is 37.4 Å². The summed E-state index contributed by atoms with van der Waals surface area (Å²) in [4.78, 5) is 43.1. The molecule has 1 aliphatic rings. The summed E-state index contributed by atoms with van der Waals surface area (Å²) < 4.78 is 6.62. The van der Waals surface area contributed by atoms with Gasteiger partial charge in [-0.3, -0.25) is 14.7 Å². The lowest BCUT2D eigenvalue weighted by atomic mass is 10.0. The molecule has 0 fully saturated rings. The summed E-state index contributed by atoms with van der Waals surface area (Å²) in [5.41, 5.74) is 3.68. The van der Waals surface area contributed by atoms with E-state index in [-0.39, 0.29) is 37.0 Å². The van der Waals surface area contributed by atoms with Gasteiger partial charge in [-0.2, -0.15) is 0 Å². The van der Waals surface area contributed by atoms with Gasteiger partial charge in [-0.05, 0) is 68.1 Å². The number of pyridine rings is 1. The van der Waals surface area contributed by atoms with Gasteiger partial charge in [-0.1, -0.05) is 19.1 Å². The van der Waals surface area contributed by atoms with Gasteiger partial charge in [0.05, 0.1) is 19.1 Å². The fourth-order valence-corrected chi connectivity index (χ4v) is 5.37. The SMILES string of the molecule is CC(CO)N1C[C@@H](C)[C@H](CN(C)Cc2ccncc2)Oc2ccc(NC(=O)Nc3cccc(-c4ncccn4)c3)cc2CC1=O. The number of aromatic nitrogens is 3. The Balaban J connectivity index is 1.34. The molecule has 3 heterocycles. The second kappa shape index (κ2) is 14.7. The van der Waals surface area contributed by atoms with Crippen LogP contribution in [-0.2, 0) is 17.8 Å². The molecule has 2 aromatic carbocycles. The number of aliphatic hydroxyl groups excluding tert-OH is 1. The fraction of sp³-hybridized carbons (Fsp3) is 0.324. The Morgan fingerprint density at radius 2 is 1.78 bits per heavy atom. The monoisotopic (exact) mass is 609 g/mol. The maximum absolute atomic E-state index is 13.6. The predicted molar refractivity (Wildman–Crippen MR) is 173 cm³/mol. The van der Waals surface area contributed by atoms with Crippen LogP contribution in [0.3, 0.4) is 0 Å². The molecule has 0 bridgehead atoms. The maximum atomic E-state index is 13.6. The molecule has 0 spiro atoms. The van der Waals surface area contributed by atoms with Crippen LogP contribution in [-0.4, -0.2) is 80.7 Å². The van der Waals surface area contributed by atoms with Crippen molar-refractivity contribution in [1.82, 2.24) is 24.8 Å². The number of nitrogens with one attached hydrogen (secondary N) is 2. The van der Waals surface area contributed by atoms with E-state index in [0.717, 1.165) is 17.7 Å². The number of fused-ring (bicyclic) bond motifs is 1. The van der Waals surface area contributed by atoms with Gasteiger partial charge in [-0.15, -0.1) is 0 Å². The minimum absolute atomic E-state index is 0.0191. The molecule has 11 heteroatoms. The molecular weight excluding hydrogens is 570 g/mol. The third-order valence-electron chi connectivity index (χ3n) is 7.81. The minimum Gasteiger partial charge on any atom is -0.488 e. The van der Waals surface area contributed by atoms with Crippen molar-refractivity contribution < 1.29 is 19.4 Å². The Hall–Kier alpha value is -4.87. The van der Waals surface area contributed by atoms with Gasteiger partial charge in [0.2, 0.25) is 5.91 Å². The van der Waals surface area contributed by atoms with Crippen LogP contribution in [0.1, 0.15) is 25.0 Å². The van der Waals surface area contributed by atoms with Crippen molar-refractivity contribution >= 4 is 23.3 Å². The molecule has 0 saturated carbocycles. The molecule has 0 saturated heterocycles. The Kier molecular flexibility index (Phi) is 10.3. The predicted octanol–water partition coefficient (Wildman–Crippen LogP) is 4.46. The van der Waals surface area contributed by atoms with Crippen LogP contribution in [0.4, 0.5) is 16.2 Å². The van der Waals surface area contributed by atoms with Crippen molar-refractivity contribution in [3.63, 3.8) is 0 Å². The summed E-state index contributed by atoms with van der Waals surface area (Å²) in [6.45, 7) is 5.56. The van der Waals surface area contributed by atoms with Crippen LogP contribution in [0.15, 0.2) is 85.5 Å². The lowest BCUT2D eigenvalue weighted by Gasteiger charge is -2.34. The highest BCUT2D eigenvalue weighted by Crippen LogP contribution is 2.29. The van der Waals surface area contributed by atoms with Crippen LogP contribution in [0, 0.1) is 5.92 Å². The van der Waals surface area contributed by atoms with Gasteiger partial charge < -0.3 is 25.4 Å². The number of carbonyl (C=O) groups is 2. The molecule has 1 aliphatic heterocycles. The minimum atomic E-state index is -0.434. The number of hydrogen-bond acceptors (Lipinski definition) is 8. The largest absolute Gasteiger partial charge is 0.488 e. The van der Waals surface area contributed by atoms with Gasteiger partial charge in [0.15, 0.2) is 5.82 Å². The summed E-state index contributed by atoms with van der Waals surface area (Å²) in [6, 6.07) is 17.6. The normalized spacial score (nSPS) is 17.4. The molecule has 11 nitrogen and oxygen atoms in total. The summed E-state index contributed by atoms with van der Waals surface area (Å²) >= 11 is 0. The highest BCUT2D eigenvalue weighted by Gasteiger charge is 2.31. The lowest BCUT2D eigenvalue weighted by molar-refractivity contribution is -0.134. The highest BCUT2D eigenvalue weighted by molar-refractivity contribution is 6.00. The molecule has 0 radical (unpaired) electrons. The number of carbonyl (C=O) groups excluding carboxylic acids is 2. The number of hydrogen-bond donors (Lipinski definition) is 3. The quantitative estimate of drug-likeness (QED) is 0.253. The first-order valence-corrected chi connectivity index (χ1v) is 15.0. The average Bonchev–Trinajstić information content (AvgIpc) is 3.09. The van der Waals surface area contributed by atoms with E-state index in [9.17, 15) is 14.7 Å². The third kappa shape index (κ3) is 8.40. The molecule has 0 aliphatic carbocycles. The smallest absolute Gasteiger partial charge is 0.323 e. The number of amides is 3. The molecule has 5 rings (SSSR count). The van der Waals surface area contributed by atoms with E-state index >= 15 is 0 Å². The zero-order chi connectivity index (χ0) is 31.8. The Morgan fingerprint density at radius 3 is 2.51 bits per heavy atom. The van der Waals surface area contributed by atoms with Crippen LogP contribution in [0.2, 0.25) is 0 Å². The summed E-state index contributed by atoms with van der Waals surface area (Å²) in [7, 11) is 2.04. The van der Waals surface area contributed by atoms with Crippen molar-refractivity contribution in [3.8, 4) is 17.1 Å². The number of urea groups is 1. The van der Waals surface area contributed by atoms with Crippen LogP contribution in [0.5, 0.6) is 5.75 Å². The molecular formula is C34H39N7O4. The van der Waals surface area contributed by atoms with E-state index < -0.39 is 6.03 Å². The van der Waals surface area contributed by atoms with Crippen molar-refractivity contribution in [1.29, 1.82) is 0 Å². The number of rotatable bonds is 9. The highest BCUT2D eigenvalue weighted by atomic mass is 16.5. The first-order valence-electron chi connectivity index (χ1n) is 15.0. The molecule has 234 valence electrons. The average molecular weight is 610 g/mol. The van der Waals surface area contributed by atoms with Crippen molar-refractivity contribution in [2.24, 2.45) is 5.92 Å². The maximum Gasteiger partial charge on any atom is 0.323 e. The Labute approximate surface area is 263 Å². The number of anilines is 2. The van der Waals surface area contributed by atoms with Crippen LogP contribution >= 0.6 is 0 Å². The van der Waals surface area contributed by atoms with E-state index in [1.807, 2.05) is 38.2 Å². The first-order chi connectivity index (χ1) is 21.8. The Bertz CT molecular complexity index is 1590. The van der Waals surface area contributed by atoms with Crippen molar-refractivity contribution in [2.75, 3.05) is 37.4 Å². The van der Waals surface area contributed by atoms with E-state index in [0.29, 0.717) is 41.6 Å². The third-order valence-corrected chi connectivity index (χ3v) is 7.81. The van der Waals surface area contributed by atoms with Gasteiger partial charge >= 0.3 is 6.03 Å².